The number of anilines is 1. The number of nitrogens with one attached hydrogen (secondary N) is 1. The quantitative estimate of drug-likeness (QED) is 0.918. The average molecular weight is 287 g/mol. The van der Waals surface area contributed by atoms with Gasteiger partial charge in [0.1, 0.15) is 0 Å². The Morgan fingerprint density at radius 1 is 1.05 bits per heavy atom. The molecule has 0 unspecified atom stereocenters. The van der Waals surface area contributed by atoms with Crippen LogP contribution < -0.4 is 10.2 Å². The monoisotopic (exact) mass is 287 g/mol. The average Bonchev–Trinajstić information content (AvgIpc) is 3.29. The second-order valence-electron chi connectivity index (χ2n) is 7.43. The summed E-state index contributed by atoms with van der Waals surface area (Å²) in [6.45, 7) is 12.6. The van der Waals surface area contributed by atoms with Crippen LogP contribution in [-0.2, 0) is 6.54 Å². The minimum absolute atomic E-state index is 0.291. The van der Waals surface area contributed by atoms with Gasteiger partial charge in [0.05, 0.1) is 0 Å². The number of nitrogens with zero attached hydrogens (tertiary/aromatic N) is 2. The molecule has 3 heteroatoms. The Morgan fingerprint density at radius 3 is 2.33 bits per heavy atom. The third kappa shape index (κ3) is 3.78. The minimum atomic E-state index is 0.291. The summed E-state index contributed by atoms with van der Waals surface area (Å²) in [5.41, 5.74) is 3.17. The Hall–Kier alpha value is -1.06. The fourth-order valence-electron chi connectivity index (χ4n) is 3.13. The van der Waals surface area contributed by atoms with Crippen molar-refractivity contribution in [3.8, 4) is 0 Å². The van der Waals surface area contributed by atoms with E-state index in [9.17, 15) is 0 Å². The summed E-state index contributed by atoms with van der Waals surface area (Å²) in [5.74, 6) is 0. The van der Waals surface area contributed by atoms with Gasteiger partial charge >= 0.3 is 0 Å². The summed E-state index contributed by atoms with van der Waals surface area (Å²) in [7, 11) is 0. The summed E-state index contributed by atoms with van der Waals surface area (Å²) >= 11 is 0. The van der Waals surface area contributed by atoms with E-state index in [2.05, 4.69) is 60.2 Å². The zero-order chi connectivity index (χ0) is 14.9. The van der Waals surface area contributed by atoms with Crippen LogP contribution in [0, 0.1) is 0 Å². The highest BCUT2D eigenvalue weighted by Crippen LogP contribution is 2.25. The maximum Gasteiger partial charge on any atom is 0.0412 e. The van der Waals surface area contributed by atoms with E-state index in [0.29, 0.717) is 5.54 Å². The van der Waals surface area contributed by atoms with Crippen molar-refractivity contribution >= 4 is 5.69 Å². The van der Waals surface area contributed by atoms with Crippen molar-refractivity contribution < 1.29 is 0 Å². The number of hydrogen-bond acceptors (Lipinski definition) is 3. The molecule has 1 aliphatic carbocycles. The molecule has 1 aromatic carbocycles. The van der Waals surface area contributed by atoms with Crippen molar-refractivity contribution in [3.05, 3.63) is 29.8 Å². The van der Waals surface area contributed by atoms with Crippen molar-refractivity contribution in [3.63, 3.8) is 0 Å². The highest BCUT2D eigenvalue weighted by molar-refractivity contribution is 5.54. The van der Waals surface area contributed by atoms with Crippen LogP contribution in [0.5, 0.6) is 0 Å². The molecule has 0 atom stereocenters. The molecular weight excluding hydrogens is 258 g/mol. The van der Waals surface area contributed by atoms with Gasteiger partial charge in [-0.1, -0.05) is 18.2 Å². The lowest BCUT2D eigenvalue weighted by atomic mass is 10.0. The maximum atomic E-state index is 3.65. The highest BCUT2D eigenvalue weighted by Gasteiger charge is 2.27. The number of rotatable bonds is 4. The number of benzene rings is 1. The Kier molecular flexibility index (Phi) is 4.23. The molecule has 1 heterocycles. The summed E-state index contributed by atoms with van der Waals surface area (Å²) in [6.07, 6.45) is 2.71. The van der Waals surface area contributed by atoms with E-state index in [1.165, 1.54) is 24.1 Å². The normalized spacial score (nSPS) is 20.8. The molecule has 1 aromatic rings. The molecule has 0 amide bonds. The van der Waals surface area contributed by atoms with Crippen LogP contribution >= 0.6 is 0 Å². The Bertz CT molecular complexity index is 466. The van der Waals surface area contributed by atoms with Gasteiger partial charge in [0.2, 0.25) is 0 Å². The first-order valence-corrected chi connectivity index (χ1v) is 8.35. The van der Waals surface area contributed by atoms with Gasteiger partial charge in [-0.2, -0.15) is 0 Å². The van der Waals surface area contributed by atoms with E-state index in [-0.39, 0.29) is 0 Å². The summed E-state index contributed by atoms with van der Waals surface area (Å²) in [6, 6.07) is 9.68. The van der Waals surface area contributed by atoms with Crippen LogP contribution in [0.3, 0.4) is 0 Å². The van der Waals surface area contributed by atoms with Gasteiger partial charge in [0.15, 0.2) is 0 Å². The molecule has 116 valence electrons. The first-order chi connectivity index (χ1) is 10.0. The van der Waals surface area contributed by atoms with E-state index in [4.69, 9.17) is 0 Å². The molecule has 0 aromatic heterocycles. The van der Waals surface area contributed by atoms with E-state index in [1.807, 2.05) is 0 Å². The van der Waals surface area contributed by atoms with E-state index >= 15 is 0 Å². The first-order valence-electron chi connectivity index (χ1n) is 8.35. The summed E-state index contributed by atoms with van der Waals surface area (Å²) in [5, 5.41) is 3.65. The zero-order valence-electron chi connectivity index (χ0n) is 13.7. The van der Waals surface area contributed by atoms with E-state index in [1.54, 1.807) is 0 Å². The zero-order valence-corrected chi connectivity index (χ0v) is 13.7. The largest absolute Gasteiger partial charge is 0.369 e. The second kappa shape index (κ2) is 5.98. The molecular formula is C18H29N3. The third-order valence-electron chi connectivity index (χ3n) is 4.72. The SMILES string of the molecule is CC(C)(C)N1CCN(c2ccccc2CNC2CC2)CC1. The van der Waals surface area contributed by atoms with Crippen LogP contribution in [0.1, 0.15) is 39.2 Å². The number of hydrogen-bond donors (Lipinski definition) is 1. The van der Waals surface area contributed by atoms with Crippen LogP contribution in [0.4, 0.5) is 5.69 Å². The van der Waals surface area contributed by atoms with Gasteiger partial charge in [0.25, 0.3) is 0 Å². The minimum Gasteiger partial charge on any atom is -0.369 e. The van der Waals surface area contributed by atoms with E-state index in [0.717, 1.165) is 38.8 Å². The topological polar surface area (TPSA) is 18.5 Å². The lowest BCUT2D eigenvalue weighted by molar-refractivity contribution is 0.128. The predicted molar refractivity (Wildman–Crippen MR) is 89.8 cm³/mol. The molecule has 1 saturated heterocycles. The fourth-order valence-corrected chi connectivity index (χ4v) is 3.13. The lowest BCUT2D eigenvalue weighted by Gasteiger charge is -2.43. The smallest absolute Gasteiger partial charge is 0.0412 e. The summed E-state index contributed by atoms with van der Waals surface area (Å²) < 4.78 is 0. The molecule has 0 spiro atoms. The van der Waals surface area contributed by atoms with Crippen molar-refractivity contribution in [2.24, 2.45) is 0 Å². The molecule has 3 nitrogen and oxygen atoms in total. The van der Waals surface area contributed by atoms with Crippen LogP contribution in [-0.4, -0.2) is 42.7 Å². The molecule has 0 bridgehead atoms. The van der Waals surface area contributed by atoms with Crippen LogP contribution in [0.25, 0.3) is 0 Å². The maximum absolute atomic E-state index is 3.65. The fraction of sp³-hybridized carbons (Fsp3) is 0.667. The lowest BCUT2D eigenvalue weighted by Crippen LogP contribution is -2.53. The van der Waals surface area contributed by atoms with Crippen molar-refractivity contribution in [2.75, 3.05) is 31.1 Å². The van der Waals surface area contributed by atoms with Crippen molar-refractivity contribution in [2.45, 2.75) is 51.7 Å². The van der Waals surface area contributed by atoms with Crippen molar-refractivity contribution in [1.29, 1.82) is 0 Å². The molecule has 1 N–H and O–H groups in total. The second-order valence-corrected chi connectivity index (χ2v) is 7.43. The standard InChI is InChI=1S/C18H29N3/c1-18(2,3)21-12-10-20(11-13-21)17-7-5-4-6-15(17)14-19-16-8-9-16/h4-7,16,19H,8-14H2,1-3H3. The molecule has 2 fully saturated rings. The number of para-hydroxylation sites is 1. The third-order valence-corrected chi connectivity index (χ3v) is 4.72. The first kappa shape index (κ1) is 14.9. The Morgan fingerprint density at radius 2 is 1.71 bits per heavy atom. The highest BCUT2D eigenvalue weighted by atomic mass is 15.3. The molecule has 1 aliphatic heterocycles. The Labute approximate surface area is 129 Å². The molecule has 21 heavy (non-hydrogen) atoms. The predicted octanol–water partition coefficient (Wildman–Crippen LogP) is 2.86. The van der Waals surface area contributed by atoms with Gasteiger partial charge in [0, 0.05) is 50.0 Å². The van der Waals surface area contributed by atoms with Crippen molar-refractivity contribution in [1.82, 2.24) is 10.2 Å². The van der Waals surface area contributed by atoms with Crippen LogP contribution in [0.2, 0.25) is 0 Å². The van der Waals surface area contributed by atoms with E-state index < -0.39 is 0 Å². The summed E-state index contributed by atoms with van der Waals surface area (Å²) in [4.78, 5) is 5.15. The van der Waals surface area contributed by atoms with Gasteiger partial charge < -0.3 is 10.2 Å². The Balaban J connectivity index is 1.64. The molecule has 2 aliphatic rings. The molecule has 3 rings (SSSR count). The van der Waals surface area contributed by atoms with Crippen LogP contribution in [0.15, 0.2) is 24.3 Å². The molecule has 0 radical (unpaired) electrons. The van der Waals surface area contributed by atoms with Gasteiger partial charge in [-0.25, -0.2) is 0 Å². The van der Waals surface area contributed by atoms with Gasteiger partial charge in [-0.3, -0.25) is 4.90 Å². The van der Waals surface area contributed by atoms with Gasteiger partial charge in [-0.05, 0) is 45.2 Å². The molecule has 1 saturated carbocycles. The van der Waals surface area contributed by atoms with Gasteiger partial charge in [-0.15, -0.1) is 0 Å². The number of piperazine rings is 1.